The Morgan fingerprint density at radius 2 is 0.510 bits per heavy atom. The summed E-state index contributed by atoms with van der Waals surface area (Å²) in [5, 5.41) is 10.6. The van der Waals surface area contributed by atoms with Crippen molar-refractivity contribution in [2.45, 2.75) is 439 Å². The van der Waals surface area contributed by atoms with Crippen LogP contribution in [0.3, 0.4) is 0 Å². The van der Waals surface area contributed by atoms with Gasteiger partial charge in [0.15, 0.2) is 12.2 Å². The topological polar surface area (TPSA) is 237 Å². The maximum Gasteiger partial charge on any atom is 0.472 e. The van der Waals surface area contributed by atoms with Gasteiger partial charge < -0.3 is 33.8 Å². The average molecular weight is 1470 g/mol. The summed E-state index contributed by atoms with van der Waals surface area (Å²) in [4.78, 5) is 73.0. The molecule has 0 aromatic rings. The number of hydrogen-bond acceptors (Lipinski definition) is 15. The van der Waals surface area contributed by atoms with E-state index < -0.39 is 97.5 Å². The monoisotopic (exact) mass is 1470 g/mol. The highest BCUT2D eigenvalue weighted by atomic mass is 31.2. The van der Waals surface area contributed by atoms with E-state index >= 15 is 0 Å². The van der Waals surface area contributed by atoms with E-state index in [2.05, 4.69) is 48.5 Å². The number of carbonyl (C=O) groups excluding carboxylic acids is 4. The summed E-state index contributed by atoms with van der Waals surface area (Å²) in [6.07, 6.45) is 59.5. The summed E-state index contributed by atoms with van der Waals surface area (Å²) in [7, 11) is -9.92. The largest absolute Gasteiger partial charge is 0.472 e. The minimum atomic E-state index is -4.96. The van der Waals surface area contributed by atoms with Gasteiger partial charge in [0.1, 0.15) is 19.3 Å². The normalized spacial score (nSPS) is 14.5. The van der Waals surface area contributed by atoms with Crippen LogP contribution in [0, 0.1) is 17.8 Å². The van der Waals surface area contributed by atoms with Gasteiger partial charge in [-0.15, -0.1) is 0 Å². The number of aliphatic hydroxyl groups excluding tert-OH is 1. The fourth-order valence-corrected chi connectivity index (χ4v) is 14.0. The van der Waals surface area contributed by atoms with E-state index in [9.17, 15) is 43.2 Å². The lowest BCUT2D eigenvalue weighted by molar-refractivity contribution is -0.161. The van der Waals surface area contributed by atoms with Crippen LogP contribution in [-0.2, 0) is 65.4 Å². The predicted octanol–water partition coefficient (Wildman–Crippen LogP) is 24.1. The van der Waals surface area contributed by atoms with E-state index in [-0.39, 0.29) is 25.7 Å². The predicted molar refractivity (Wildman–Crippen MR) is 409 cm³/mol. The standard InChI is InChI=1S/C81H158O17P2/c1-8-11-12-13-14-15-16-23-27-34-43-50-57-64-80(85)98-77(69-92-79(84)63-56-49-42-37-36-40-47-54-61-74(7)10-3)71-96-100(89,90)94-67-75(82)66-93-99(87,88)95-70-76(68-91-78(83)62-55-48-41-33-30-29-32-39-46-53-60-73(6)9-2)97-81(86)65-58-51-44-35-28-25-22-20-18-17-19-21-24-26-31-38-45-52-59-72(4)5/h72-77,82H,8-71H2,1-7H3,(H,87,88)(H,89,90)/t73?,74?,75-,76-,77-/m1/s1. The zero-order chi connectivity index (χ0) is 73.7. The Labute approximate surface area is 613 Å². The van der Waals surface area contributed by atoms with Crippen LogP contribution in [0.1, 0.15) is 421 Å². The van der Waals surface area contributed by atoms with Crippen molar-refractivity contribution in [3.63, 3.8) is 0 Å². The number of rotatable bonds is 79. The molecule has 17 nitrogen and oxygen atoms in total. The molecule has 0 amide bonds. The Morgan fingerprint density at radius 3 is 0.760 bits per heavy atom. The van der Waals surface area contributed by atoms with Gasteiger partial charge in [0, 0.05) is 25.7 Å². The zero-order valence-corrected chi connectivity index (χ0v) is 67.5. The Balaban J connectivity index is 5.24. The summed E-state index contributed by atoms with van der Waals surface area (Å²) < 4.78 is 68.7. The molecule has 0 bridgehead atoms. The molecule has 0 aliphatic carbocycles. The first kappa shape index (κ1) is 98.1. The SMILES string of the molecule is CCCCCCCCCCCCCCCC(=O)O[C@H](COC(=O)CCCCCCCCCCC(C)CC)COP(=O)(O)OC[C@H](O)COP(=O)(O)OC[C@@H](COC(=O)CCCCCCCCCCCCC(C)CC)OC(=O)CCCCCCCCCCCCCCCCCCCCC(C)C. The van der Waals surface area contributed by atoms with E-state index in [1.54, 1.807) is 0 Å². The Morgan fingerprint density at radius 1 is 0.290 bits per heavy atom. The molecule has 0 aromatic carbocycles. The first-order valence-electron chi connectivity index (χ1n) is 41.9. The van der Waals surface area contributed by atoms with Crippen molar-refractivity contribution in [2.24, 2.45) is 17.8 Å². The summed E-state index contributed by atoms with van der Waals surface area (Å²) in [6, 6.07) is 0. The highest BCUT2D eigenvalue weighted by Gasteiger charge is 2.30. The van der Waals surface area contributed by atoms with Crippen molar-refractivity contribution < 1.29 is 80.2 Å². The van der Waals surface area contributed by atoms with Crippen LogP contribution in [0.5, 0.6) is 0 Å². The molecule has 594 valence electrons. The molecule has 0 spiro atoms. The van der Waals surface area contributed by atoms with Crippen molar-refractivity contribution in [2.75, 3.05) is 39.6 Å². The molecule has 0 saturated carbocycles. The van der Waals surface area contributed by atoms with Gasteiger partial charge in [0.2, 0.25) is 0 Å². The number of hydrogen-bond donors (Lipinski definition) is 3. The molecule has 7 atom stereocenters. The minimum absolute atomic E-state index is 0.107. The van der Waals surface area contributed by atoms with Crippen LogP contribution >= 0.6 is 15.6 Å². The Kier molecular flexibility index (Phi) is 69.9. The van der Waals surface area contributed by atoms with Crippen LogP contribution in [0.25, 0.3) is 0 Å². The number of ether oxygens (including phenoxy) is 4. The smallest absolute Gasteiger partial charge is 0.462 e. The molecule has 100 heavy (non-hydrogen) atoms. The first-order chi connectivity index (χ1) is 48.3. The minimum Gasteiger partial charge on any atom is -0.462 e. The summed E-state index contributed by atoms with van der Waals surface area (Å²) in [5.74, 6) is 0.297. The fraction of sp³-hybridized carbons (Fsp3) is 0.951. The van der Waals surface area contributed by atoms with Gasteiger partial charge in [0.25, 0.3) is 0 Å². The summed E-state index contributed by atoms with van der Waals surface area (Å²) in [6.45, 7) is 12.0. The molecule has 19 heteroatoms. The fourth-order valence-electron chi connectivity index (χ4n) is 12.4. The van der Waals surface area contributed by atoms with E-state index in [0.29, 0.717) is 25.7 Å². The first-order valence-corrected chi connectivity index (χ1v) is 44.9. The maximum atomic E-state index is 13.1. The van der Waals surface area contributed by atoms with Crippen molar-refractivity contribution in [1.29, 1.82) is 0 Å². The van der Waals surface area contributed by atoms with Crippen molar-refractivity contribution in [3.8, 4) is 0 Å². The molecule has 0 radical (unpaired) electrons. The molecule has 0 aliphatic rings. The number of phosphoric ester groups is 2. The molecule has 0 saturated heterocycles. The van der Waals surface area contributed by atoms with Gasteiger partial charge in [-0.05, 0) is 43.4 Å². The Bertz CT molecular complexity index is 1940. The van der Waals surface area contributed by atoms with E-state index in [0.717, 1.165) is 108 Å². The second kappa shape index (κ2) is 71.3. The number of aliphatic hydroxyl groups is 1. The second-order valence-corrected chi connectivity index (χ2v) is 33.0. The number of unbranched alkanes of at least 4 members (excludes halogenated alkanes) is 45. The van der Waals surface area contributed by atoms with Crippen molar-refractivity contribution >= 4 is 39.5 Å². The molecular weight excluding hydrogens is 1310 g/mol. The van der Waals surface area contributed by atoms with Crippen molar-refractivity contribution in [3.05, 3.63) is 0 Å². The second-order valence-electron chi connectivity index (χ2n) is 30.1. The van der Waals surface area contributed by atoms with Crippen LogP contribution in [0.4, 0.5) is 0 Å². The average Bonchev–Trinajstić information content (AvgIpc) is 0.910. The van der Waals surface area contributed by atoms with E-state index in [1.807, 2.05) is 0 Å². The number of carbonyl (C=O) groups is 4. The van der Waals surface area contributed by atoms with Gasteiger partial charge in [-0.3, -0.25) is 37.3 Å². The van der Waals surface area contributed by atoms with Crippen LogP contribution < -0.4 is 0 Å². The lowest BCUT2D eigenvalue weighted by Crippen LogP contribution is -2.30. The number of phosphoric acid groups is 2. The van der Waals surface area contributed by atoms with Crippen LogP contribution in [0.15, 0.2) is 0 Å². The van der Waals surface area contributed by atoms with E-state index in [4.69, 9.17) is 37.0 Å². The third-order valence-corrected chi connectivity index (χ3v) is 21.5. The van der Waals surface area contributed by atoms with Crippen molar-refractivity contribution in [1.82, 2.24) is 0 Å². The summed E-state index contributed by atoms with van der Waals surface area (Å²) in [5.41, 5.74) is 0. The van der Waals surface area contributed by atoms with Gasteiger partial charge in [-0.1, -0.05) is 370 Å². The molecule has 0 heterocycles. The highest BCUT2D eigenvalue weighted by Crippen LogP contribution is 2.45. The molecule has 0 aromatic heterocycles. The Hall–Kier alpha value is -1.94. The van der Waals surface area contributed by atoms with Gasteiger partial charge in [-0.2, -0.15) is 0 Å². The zero-order valence-electron chi connectivity index (χ0n) is 65.7. The molecule has 3 N–H and O–H groups in total. The summed E-state index contributed by atoms with van der Waals surface area (Å²) >= 11 is 0. The van der Waals surface area contributed by atoms with E-state index in [1.165, 1.54) is 231 Å². The molecular formula is C81H158O17P2. The van der Waals surface area contributed by atoms with Gasteiger partial charge in [-0.25, -0.2) is 9.13 Å². The lowest BCUT2D eigenvalue weighted by Gasteiger charge is -2.21. The van der Waals surface area contributed by atoms with Gasteiger partial charge >= 0.3 is 39.5 Å². The van der Waals surface area contributed by atoms with Crippen LogP contribution in [-0.4, -0.2) is 96.7 Å². The molecule has 0 aliphatic heterocycles. The number of esters is 4. The highest BCUT2D eigenvalue weighted by molar-refractivity contribution is 7.47. The van der Waals surface area contributed by atoms with Crippen LogP contribution in [0.2, 0.25) is 0 Å². The lowest BCUT2D eigenvalue weighted by atomic mass is 9.99. The third-order valence-electron chi connectivity index (χ3n) is 19.6. The van der Waals surface area contributed by atoms with Gasteiger partial charge in [0.05, 0.1) is 26.4 Å². The molecule has 4 unspecified atom stereocenters. The third kappa shape index (κ3) is 71.7. The molecule has 0 fully saturated rings. The maximum absolute atomic E-state index is 13.1. The molecule has 0 rings (SSSR count). The quantitative estimate of drug-likeness (QED) is 0.0222.